The summed E-state index contributed by atoms with van der Waals surface area (Å²) < 4.78 is 48.0. The van der Waals surface area contributed by atoms with E-state index in [1.165, 1.54) is 31.6 Å². The van der Waals surface area contributed by atoms with Crippen LogP contribution in [0.4, 0.5) is 11.1 Å². The fourth-order valence-electron chi connectivity index (χ4n) is 2.88. The molecule has 0 aliphatic carbocycles. The molecule has 0 atom stereocenters. The number of nitrogens with zero attached hydrogens (tertiary/aromatic N) is 4. The number of methoxy groups -OCH3 is 2. The summed E-state index contributed by atoms with van der Waals surface area (Å²) in [6.45, 7) is -0.0265. The summed E-state index contributed by atoms with van der Waals surface area (Å²) in [6.07, 6.45) is 1.30. The lowest BCUT2D eigenvalue weighted by Crippen LogP contribution is -2.30. The number of nitrogen functional groups attached to an aromatic ring is 1. The van der Waals surface area contributed by atoms with Gasteiger partial charge in [0.15, 0.2) is 5.58 Å². The summed E-state index contributed by atoms with van der Waals surface area (Å²) in [5.74, 6) is 1.08. The molecule has 0 spiro atoms. The molecule has 0 saturated carbocycles. The normalized spacial score (nSPS) is 11.5. The van der Waals surface area contributed by atoms with Crippen molar-refractivity contribution in [1.29, 1.82) is 0 Å². The second-order valence-electron chi connectivity index (χ2n) is 6.09. The molecule has 30 heavy (non-hydrogen) atoms. The highest BCUT2D eigenvalue weighted by atomic mass is 32.2. The summed E-state index contributed by atoms with van der Waals surface area (Å²) in [6, 6.07) is 9.47. The largest absolute Gasteiger partial charge is 0.497 e. The van der Waals surface area contributed by atoms with E-state index in [1.54, 1.807) is 25.3 Å². The Hall–Kier alpha value is -3.38. The molecule has 0 aliphatic heterocycles. The summed E-state index contributed by atoms with van der Waals surface area (Å²) in [5, 5.41) is 0.213. The van der Waals surface area contributed by atoms with Crippen molar-refractivity contribution in [2.45, 2.75) is 11.4 Å². The number of benzene rings is 2. The van der Waals surface area contributed by atoms with Crippen molar-refractivity contribution >= 4 is 43.8 Å². The lowest BCUT2D eigenvalue weighted by atomic mass is 10.2. The van der Waals surface area contributed by atoms with Gasteiger partial charge in [-0.15, -0.1) is 0 Å². The Morgan fingerprint density at radius 2 is 2.00 bits per heavy atom. The zero-order valence-electron chi connectivity index (χ0n) is 16.0. The molecule has 4 aromatic rings. The molecule has 2 aromatic heterocycles. The van der Waals surface area contributed by atoms with E-state index in [4.69, 9.17) is 19.6 Å². The summed E-state index contributed by atoms with van der Waals surface area (Å²) in [4.78, 5) is 8.09. The molecule has 0 aliphatic rings. The van der Waals surface area contributed by atoms with Gasteiger partial charge >= 0.3 is 0 Å². The zero-order chi connectivity index (χ0) is 21.3. The van der Waals surface area contributed by atoms with Gasteiger partial charge in [-0.3, -0.25) is 0 Å². The SMILES string of the molecule is COc1ccc(CN(c2ncns2)S(=O)(=O)c2ccc3nc(N)oc3c2)c(OC)c1. The molecule has 0 bridgehead atoms. The van der Waals surface area contributed by atoms with Crippen LogP contribution in [0.2, 0.25) is 0 Å². The van der Waals surface area contributed by atoms with E-state index in [2.05, 4.69) is 14.3 Å². The molecule has 2 heterocycles. The molecule has 156 valence electrons. The minimum absolute atomic E-state index is 0.00817. The van der Waals surface area contributed by atoms with Gasteiger partial charge in [-0.1, -0.05) is 0 Å². The average Bonchev–Trinajstić information content (AvgIpc) is 3.39. The molecule has 0 amide bonds. The number of anilines is 2. The first-order chi connectivity index (χ1) is 14.4. The topological polar surface area (TPSA) is 134 Å². The number of sulfonamides is 1. The number of hydrogen-bond acceptors (Lipinski definition) is 10. The van der Waals surface area contributed by atoms with Gasteiger partial charge in [0.1, 0.15) is 23.3 Å². The molecule has 12 heteroatoms. The van der Waals surface area contributed by atoms with Gasteiger partial charge in [0.2, 0.25) is 5.13 Å². The van der Waals surface area contributed by atoms with Crippen molar-refractivity contribution < 1.29 is 22.3 Å². The second-order valence-corrected chi connectivity index (χ2v) is 8.72. The first kappa shape index (κ1) is 19.9. The molecule has 2 N–H and O–H groups in total. The van der Waals surface area contributed by atoms with Crippen molar-refractivity contribution in [3.63, 3.8) is 0 Å². The van der Waals surface area contributed by atoms with Crippen LogP contribution in [0, 0.1) is 0 Å². The average molecular weight is 447 g/mol. The van der Waals surface area contributed by atoms with Gasteiger partial charge < -0.3 is 19.6 Å². The Kier molecular flexibility index (Phi) is 5.18. The standard InChI is InChI=1S/C18H17N5O5S2/c1-26-12-4-3-11(15(7-12)27-2)9-23(18-20-10-21-29-18)30(24,25)13-5-6-14-16(8-13)28-17(19)22-14/h3-8,10H,9H2,1-2H3,(H2,19,22). The molecular weight excluding hydrogens is 430 g/mol. The van der Waals surface area contributed by atoms with Gasteiger partial charge in [-0.05, 0) is 24.3 Å². The molecule has 0 fully saturated rings. The second kappa shape index (κ2) is 7.80. The van der Waals surface area contributed by atoms with Crippen LogP contribution in [-0.4, -0.2) is 37.0 Å². The van der Waals surface area contributed by atoms with Crippen molar-refractivity contribution in [3.8, 4) is 11.5 Å². The maximum absolute atomic E-state index is 13.5. The molecule has 0 radical (unpaired) electrons. The minimum Gasteiger partial charge on any atom is -0.497 e. The van der Waals surface area contributed by atoms with Crippen LogP contribution in [0.15, 0.2) is 52.0 Å². The highest BCUT2D eigenvalue weighted by Crippen LogP contribution is 2.32. The third-order valence-corrected chi connectivity index (χ3v) is 6.87. The van der Waals surface area contributed by atoms with Crippen LogP contribution in [0.25, 0.3) is 11.1 Å². The lowest BCUT2D eigenvalue weighted by Gasteiger charge is -2.22. The highest BCUT2D eigenvalue weighted by Gasteiger charge is 2.29. The van der Waals surface area contributed by atoms with E-state index in [1.807, 2.05) is 0 Å². The number of oxazole rings is 1. The summed E-state index contributed by atoms with van der Waals surface area (Å²) in [7, 11) is -0.974. The first-order valence-corrected chi connectivity index (χ1v) is 10.8. The van der Waals surface area contributed by atoms with Crippen LogP contribution < -0.4 is 19.5 Å². The Balaban J connectivity index is 1.79. The van der Waals surface area contributed by atoms with E-state index < -0.39 is 10.0 Å². The molecule has 4 rings (SSSR count). The van der Waals surface area contributed by atoms with Gasteiger partial charge in [0, 0.05) is 29.2 Å². The zero-order valence-corrected chi connectivity index (χ0v) is 17.6. The minimum atomic E-state index is -4.02. The number of fused-ring (bicyclic) bond motifs is 1. The lowest BCUT2D eigenvalue weighted by molar-refractivity contribution is 0.391. The summed E-state index contributed by atoms with van der Waals surface area (Å²) >= 11 is 0.965. The maximum atomic E-state index is 13.5. The number of aromatic nitrogens is 3. The quantitative estimate of drug-likeness (QED) is 0.454. The summed E-state index contributed by atoms with van der Waals surface area (Å²) in [5.41, 5.74) is 6.93. The Morgan fingerprint density at radius 1 is 1.17 bits per heavy atom. The highest BCUT2D eigenvalue weighted by molar-refractivity contribution is 7.93. The van der Waals surface area contributed by atoms with Crippen molar-refractivity contribution in [3.05, 3.63) is 48.3 Å². The fraction of sp³-hybridized carbons (Fsp3) is 0.167. The fourth-order valence-corrected chi connectivity index (χ4v) is 5.03. The van der Waals surface area contributed by atoms with E-state index in [0.717, 1.165) is 15.8 Å². The molecule has 0 saturated heterocycles. The van der Waals surface area contributed by atoms with E-state index in [-0.39, 0.29) is 28.2 Å². The molecule has 0 unspecified atom stereocenters. The third-order valence-electron chi connectivity index (χ3n) is 4.34. The van der Waals surface area contributed by atoms with Gasteiger partial charge in [0.25, 0.3) is 16.0 Å². The number of rotatable bonds is 7. The number of hydrogen-bond donors (Lipinski definition) is 1. The number of ether oxygens (including phenoxy) is 2. The predicted molar refractivity (Wildman–Crippen MR) is 111 cm³/mol. The van der Waals surface area contributed by atoms with Gasteiger partial charge in [-0.25, -0.2) is 17.7 Å². The van der Waals surface area contributed by atoms with Gasteiger partial charge in [0.05, 0.1) is 25.7 Å². The number of nitrogens with two attached hydrogens (primary N) is 1. The van der Waals surface area contributed by atoms with Crippen molar-refractivity contribution in [1.82, 2.24) is 14.3 Å². The molecule has 10 nitrogen and oxygen atoms in total. The Bertz CT molecular complexity index is 1290. The van der Waals surface area contributed by atoms with E-state index >= 15 is 0 Å². The Morgan fingerprint density at radius 3 is 2.70 bits per heavy atom. The van der Waals surface area contributed by atoms with Crippen LogP contribution >= 0.6 is 11.5 Å². The van der Waals surface area contributed by atoms with Crippen LogP contribution in [0.5, 0.6) is 11.5 Å². The Labute approximate surface area is 176 Å². The van der Waals surface area contributed by atoms with E-state index in [9.17, 15) is 8.42 Å². The molecular formula is C18H17N5O5S2. The van der Waals surface area contributed by atoms with Crippen molar-refractivity contribution in [2.75, 3.05) is 24.3 Å². The van der Waals surface area contributed by atoms with Crippen LogP contribution in [0.3, 0.4) is 0 Å². The molecule has 2 aromatic carbocycles. The predicted octanol–water partition coefficient (Wildman–Crippen LogP) is 2.67. The van der Waals surface area contributed by atoms with Crippen LogP contribution in [-0.2, 0) is 16.6 Å². The van der Waals surface area contributed by atoms with Crippen molar-refractivity contribution in [2.24, 2.45) is 0 Å². The monoisotopic (exact) mass is 447 g/mol. The van der Waals surface area contributed by atoms with E-state index in [0.29, 0.717) is 22.6 Å². The third kappa shape index (κ3) is 3.62. The van der Waals surface area contributed by atoms with Gasteiger partial charge in [-0.2, -0.15) is 9.36 Å². The first-order valence-electron chi connectivity index (χ1n) is 8.59. The maximum Gasteiger partial charge on any atom is 0.292 e. The smallest absolute Gasteiger partial charge is 0.292 e. The van der Waals surface area contributed by atoms with Crippen LogP contribution in [0.1, 0.15) is 5.56 Å².